The fourth-order valence-electron chi connectivity index (χ4n) is 3.84. The lowest BCUT2D eigenvalue weighted by Crippen LogP contribution is -2.31. The minimum atomic E-state index is -0.492. The molecule has 5 rings (SSSR count). The zero-order valence-corrected chi connectivity index (χ0v) is 21.9. The highest BCUT2D eigenvalue weighted by atomic mass is 35.5. The Morgan fingerprint density at radius 3 is 2.74 bits per heavy atom. The van der Waals surface area contributed by atoms with Crippen LogP contribution in [0.3, 0.4) is 0 Å². The van der Waals surface area contributed by atoms with Crippen molar-refractivity contribution in [2.24, 2.45) is 0 Å². The summed E-state index contributed by atoms with van der Waals surface area (Å²) in [5.74, 6) is 0.0569. The standard InChI is InChI=1S/C27H24Cl2FN7O/c1-3-17(28)5-4-16(2)26(25-12-37(36-35-25)20-13-38-14-20)33-18-7-9-24-21(10-18)27(32-15-31-24)34-19-6-8-23(30)22(29)11-19/h3-12,15,20,26,33H,2,13-14H2,1H3,(H,31,32,34)/b5-4-,17-3+/t26-/m0/s1. The largest absolute Gasteiger partial charge is 0.377 e. The molecule has 3 heterocycles. The Hall–Kier alpha value is -3.79. The van der Waals surface area contributed by atoms with Gasteiger partial charge >= 0.3 is 0 Å². The van der Waals surface area contributed by atoms with Gasteiger partial charge in [-0.15, -0.1) is 5.10 Å². The molecule has 0 aliphatic carbocycles. The SMILES string of the molecule is C=C(/C=C\C(Cl)=C/C)[C@H](Nc1ccc2ncnc(Nc3ccc(F)c(Cl)c3)c2c1)c1cn(C2COC2)nn1. The fraction of sp³-hybridized carbons (Fsp3) is 0.185. The summed E-state index contributed by atoms with van der Waals surface area (Å²) < 4.78 is 20.7. The second-order valence-corrected chi connectivity index (χ2v) is 9.53. The zero-order chi connectivity index (χ0) is 26.6. The van der Waals surface area contributed by atoms with Crippen molar-refractivity contribution in [3.63, 3.8) is 0 Å². The average molecular weight is 552 g/mol. The maximum Gasteiger partial charge on any atom is 0.141 e. The Kier molecular flexibility index (Phi) is 7.69. The van der Waals surface area contributed by atoms with Crippen LogP contribution in [0.1, 0.15) is 24.7 Å². The molecule has 0 bridgehead atoms. The van der Waals surface area contributed by atoms with Gasteiger partial charge in [-0.1, -0.05) is 47.1 Å². The molecule has 0 unspecified atom stereocenters. The minimum absolute atomic E-state index is 0.0182. The fourth-order valence-corrected chi connectivity index (χ4v) is 4.08. The molecular formula is C27H24Cl2FN7O. The number of nitrogens with one attached hydrogen (secondary N) is 2. The Bertz CT molecular complexity index is 1550. The van der Waals surface area contributed by atoms with Gasteiger partial charge in [0.05, 0.1) is 36.0 Å². The van der Waals surface area contributed by atoms with Crippen LogP contribution in [0.25, 0.3) is 10.9 Å². The van der Waals surface area contributed by atoms with Gasteiger partial charge in [-0.3, -0.25) is 0 Å². The molecule has 2 N–H and O–H groups in total. The van der Waals surface area contributed by atoms with Gasteiger partial charge in [-0.05, 0) is 55.0 Å². The molecule has 1 aliphatic heterocycles. The van der Waals surface area contributed by atoms with Crippen molar-refractivity contribution in [3.8, 4) is 0 Å². The van der Waals surface area contributed by atoms with E-state index >= 15 is 0 Å². The quantitative estimate of drug-likeness (QED) is 0.223. The molecule has 1 fully saturated rings. The molecule has 0 spiro atoms. The first-order chi connectivity index (χ1) is 18.4. The third kappa shape index (κ3) is 5.70. The smallest absolute Gasteiger partial charge is 0.141 e. The summed E-state index contributed by atoms with van der Waals surface area (Å²) in [5.41, 5.74) is 3.55. The predicted octanol–water partition coefficient (Wildman–Crippen LogP) is 6.74. The maximum atomic E-state index is 13.6. The lowest BCUT2D eigenvalue weighted by atomic mass is 10.0. The Labute approximate surface area is 228 Å². The summed E-state index contributed by atoms with van der Waals surface area (Å²) >= 11 is 12.1. The van der Waals surface area contributed by atoms with E-state index in [1.165, 1.54) is 18.5 Å². The van der Waals surface area contributed by atoms with Gasteiger partial charge in [-0.25, -0.2) is 19.0 Å². The first-order valence-electron chi connectivity index (χ1n) is 11.8. The van der Waals surface area contributed by atoms with E-state index in [-0.39, 0.29) is 11.1 Å². The highest BCUT2D eigenvalue weighted by Crippen LogP contribution is 2.31. The number of nitrogens with zero attached hydrogens (tertiary/aromatic N) is 5. The number of hydrogen-bond donors (Lipinski definition) is 2. The topological polar surface area (TPSA) is 89.8 Å². The molecule has 194 valence electrons. The van der Waals surface area contributed by atoms with Gasteiger partial charge < -0.3 is 15.4 Å². The summed E-state index contributed by atoms with van der Waals surface area (Å²) in [7, 11) is 0. The molecule has 1 aliphatic rings. The summed E-state index contributed by atoms with van der Waals surface area (Å²) in [6.45, 7) is 7.34. The van der Waals surface area contributed by atoms with Crippen molar-refractivity contribution in [1.29, 1.82) is 0 Å². The number of anilines is 3. The summed E-state index contributed by atoms with van der Waals surface area (Å²) in [6, 6.07) is 9.91. The highest BCUT2D eigenvalue weighted by Gasteiger charge is 2.24. The Morgan fingerprint density at radius 1 is 1.18 bits per heavy atom. The normalized spacial score (nSPS) is 15.0. The van der Waals surface area contributed by atoms with Crippen LogP contribution >= 0.6 is 23.2 Å². The van der Waals surface area contributed by atoms with Gasteiger partial charge in [0, 0.05) is 21.8 Å². The van der Waals surface area contributed by atoms with Gasteiger partial charge in [0.1, 0.15) is 29.7 Å². The van der Waals surface area contributed by atoms with Crippen LogP contribution < -0.4 is 10.6 Å². The molecule has 4 aromatic rings. The van der Waals surface area contributed by atoms with Crippen LogP contribution in [-0.2, 0) is 4.74 Å². The van der Waals surface area contributed by atoms with E-state index in [1.807, 2.05) is 42.1 Å². The van der Waals surface area contributed by atoms with E-state index in [4.69, 9.17) is 27.9 Å². The van der Waals surface area contributed by atoms with Crippen LogP contribution in [0.2, 0.25) is 5.02 Å². The third-order valence-electron chi connectivity index (χ3n) is 6.05. The van der Waals surface area contributed by atoms with Gasteiger partial charge in [0.25, 0.3) is 0 Å². The Balaban J connectivity index is 1.47. The molecule has 11 heteroatoms. The second kappa shape index (κ2) is 11.3. The van der Waals surface area contributed by atoms with Gasteiger partial charge in [-0.2, -0.15) is 0 Å². The van der Waals surface area contributed by atoms with E-state index < -0.39 is 11.9 Å². The van der Waals surface area contributed by atoms with Gasteiger partial charge in [0.2, 0.25) is 0 Å². The predicted molar refractivity (Wildman–Crippen MR) is 148 cm³/mol. The number of hydrogen-bond acceptors (Lipinski definition) is 7. The van der Waals surface area contributed by atoms with Crippen molar-refractivity contribution in [2.75, 3.05) is 23.8 Å². The van der Waals surface area contributed by atoms with Crippen molar-refractivity contribution < 1.29 is 9.13 Å². The van der Waals surface area contributed by atoms with Crippen molar-refractivity contribution in [2.45, 2.75) is 19.0 Å². The summed E-state index contributed by atoms with van der Waals surface area (Å²) in [5, 5.41) is 16.8. The number of rotatable bonds is 9. The first-order valence-corrected chi connectivity index (χ1v) is 12.6. The van der Waals surface area contributed by atoms with Crippen LogP contribution in [0, 0.1) is 5.82 Å². The van der Waals surface area contributed by atoms with Crippen LogP contribution in [0.5, 0.6) is 0 Å². The minimum Gasteiger partial charge on any atom is -0.377 e. The monoisotopic (exact) mass is 551 g/mol. The van der Waals surface area contributed by atoms with E-state index in [9.17, 15) is 4.39 Å². The molecule has 0 saturated carbocycles. The number of allylic oxidation sites excluding steroid dienone is 3. The number of benzene rings is 2. The number of halogens is 3. The molecule has 38 heavy (non-hydrogen) atoms. The number of fused-ring (bicyclic) bond motifs is 1. The molecule has 1 saturated heterocycles. The van der Waals surface area contributed by atoms with Crippen LogP contribution in [0.15, 0.2) is 84.3 Å². The molecule has 2 aromatic heterocycles. The first kappa shape index (κ1) is 25.8. The second-order valence-electron chi connectivity index (χ2n) is 8.68. The maximum absolute atomic E-state index is 13.6. The molecule has 0 radical (unpaired) electrons. The highest BCUT2D eigenvalue weighted by molar-refractivity contribution is 6.31. The van der Waals surface area contributed by atoms with E-state index in [2.05, 4.69) is 37.5 Å². The van der Waals surface area contributed by atoms with Crippen molar-refractivity contribution in [3.05, 3.63) is 101 Å². The van der Waals surface area contributed by atoms with E-state index in [0.717, 1.165) is 22.2 Å². The number of ether oxygens (including phenoxy) is 1. The van der Waals surface area contributed by atoms with E-state index in [1.54, 1.807) is 18.2 Å². The van der Waals surface area contributed by atoms with Gasteiger partial charge in [0.15, 0.2) is 0 Å². The van der Waals surface area contributed by atoms with Crippen LogP contribution in [0.4, 0.5) is 21.6 Å². The molecule has 0 amide bonds. The van der Waals surface area contributed by atoms with Crippen molar-refractivity contribution >= 4 is 51.3 Å². The zero-order valence-electron chi connectivity index (χ0n) is 20.4. The molecule has 1 atom stereocenters. The molecular weight excluding hydrogens is 528 g/mol. The lowest BCUT2D eigenvalue weighted by Gasteiger charge is -2.25. The summed E-state index contributed by atoms with van der Waals surface area (Å²) in [4.78, 5) is 8.76. The van der Waals surface area contributed by atoms with Crippen molar-refractivity contribution in [1.82, 2.24) is 25.0 Å². The number of aromatic nitrogens is 5. The van der Waals surface area contributed by atoms with E-state index in [0.29, 0.717) is 35.4 Å². The average Bonchev–Trinajstić information content (AvgIpc) is 3.36. The molecule has 2 aromatic carbocycles. The Morgan fingerprint density at radius 2 is 2.00 bits per heavy atom. The lowest BCUT2D eigenvalue weighted by molar-refractivity contribution is -0.0293. The summed E-state index contributed by atoms with van der Waals surface area (Å²) in [6.07, 6.45) is 8.79. The molecule has 8 nitrogen and oxygen atoms in total. The third-order valence-corrected chi connectivity index (χ3v) is 6.68. The van der Waals surface area contributed by atoms with Crippen LogP contribution in [-0.4, -0.2) is 38.2 Å².